The molecule has 24 heavy (non-hydrogen) atoms. The fourth-order valence-electron chi connectivity index (χ4n) is 2.53. The highest BCUT2D eigenvalue weighted by atomic mass is 19.4. The summed E-state index contributed by atoms with van der Waals surface area (Å²) in [4.78, 5) is 12.0. The van der Waals surface area contributed by atoms with Crippen LogP contribution in [0.3, 0.4) is 0 Å². The molecule has 0 aliphatic rings. The van der Waals surface area contributed by atoms with Gasteiger partial charge in [0.05, 0.1) is 12.5 Å². The van der Waals surface area contributed by atoms with Crippen LogP contribution in [0.25, 0.3) is 0 Å². The zero-order valence-electron chi connectivity index (χ0n) is 15.3. The van der Waals surface area contributed by atoms with Crippen molar-refractivity contribution in [3.63, 3.8) is 0 Å². The number of esters is 1. The summed E-state index contributed by atoms with van der Waals surface area (Å²) in [6.07, 6.45) is 3.81. The smallest absolute Gasteiger partial charge is 0.404 e. The number of nitrogens with two attached hydrogens (primary N) is 1. The number of rotatable bonds is 13. The lowest BCUT2D eigenvalue weighted by Gasteiger charge is -2.24. The molecular weight excluding hydrogens is 319 g/mol. The maximum absolute atomic E-state index is 12.9. The SMILES string of the molecule is CCCCCCCCCC[C@H](C(=O)OCC(C)C)[C@H](N)C(F)(F)F. The van der Waals surface area contributed by atoms with Gasteiger partial charge in [-0.05, 0) is 12.3 Å². The second-order valence-corrected chi connectivity index (χ2v) is 6.96. The van der Waals surface area contributed by atoms with Crippen molar-refractivity contribution in [1.29, 1.82) is 0 Å². The second-order valence-electron chi connectivity index (χ2n) is 6.96. The van der Waals surface area contributed by atoms with Gasteiger partial charge in [0.15, 0.2) is 0 Å². The van der Waals surface area contributed by atoms with Crippen LogP contribution >= 0.6 is 0 Å². The third-order valence-corrected chi connectivity index (χ3v) is 4.04. The van der Waals surface area contributed by atoms with Crippen molar-refractivity contribution >= 4 is 5.97 Å². The van der Waals surface area contributed by atoms with Gasteiger partial charge >= 0.3 is 12.1 Å². The highest BCUT2D eigenvalue weighted by Gasteiger charge is 2.45. The Bertz CT molecular complexity index is 333. The maximum atomic E-state index is 12.9. The molecule has 0 unspecified atom stereocenters. The van der Waals surface area contributed by atoms with E-state index in [0.717, 1.165) is 25.7 Å². The first kappa shape index (κ1) is 23.2. The first-order valence-corrected chi connectivity index (χ1v) is 9.19. The van der Waals surface area contributed by atoms with E-state index in [9.17, 15) is 18.0 Å². The van der Waals surface area contributed by atoms with Crippen molar-refractivity contribution in [2.24, 2.45) is 17.6 Å². The Hall–Kier alpha value is -0.780. The zero-order valence-corrected chi connectivity index (χ0v) is 15.3. The molecule has 0 bridgehead atoms. The molecular formula is C18H34F3NO2. The lowest BCUT2D eigenvalue weighted by molar-refractivity contribution is -0.177. The number of unbranched alkanes of at least 4 members (excludes halogenated alkanes) is 7. The van der Waals surface area contributed by atoms with E-state index in [0.29, 0.717) is 6.42 Å². The average molecular weight is 353 g/mol. The van der Waals surface area contributed by atoms with Gasteiger partial charge in [-0.3, -0.25) is 4.79 Å². The molecule has 0 aliphatic heterocycles. The van der Waals surface area contributed by atoms with E-state index in [1.54, 1.807) is 0 Å². The first-order chi connectivity index (χ1) is 11.2. The van der Waals surface area contributed by atoms with Crippen LogP contribution in [0.15, 0.2) is 0 Å². The lowest BCUT2D eigenvalue weighted by atomic mass is 9.93. The Morgan fingerprint density at radius 1 is 1.00 bits per heavy atom. The van der Waals surface area contributed by atoms with Gasteiger partial charge in [-0.2, -0.15) is 13.2 Å². The maximum Gasteiger partial charge on any atom is 0.404 e. The number of ether oxygens (including phenoxy) is 1. The Balaban J connectivity index is 4.28. The van der Waals surface area contributed by atoms with E-state index in [2.05, 4.69) is 6.92 Å². The summed E-state index contributed by atoms with van der Waals surface area (Å²) < 4.78 is 43.6. The molecule has 0 spiro atoms. The van der Waals surface area contributed by atoms with Crippen LogP contribution < -0.4 is 5.73 Å². The number of alkyl halides is 3. The Kier molecular flexibility index (Phi) is 12.2. The van der Waals surface area contributed by atoms with Crippen LogP contribution in [0, 0.1) is 11.8 Å². The molecule has 6 heteroatoms. The van der Waals surface area contributed by atoms with Gasteiger partial charge in [-0.25, -0.2) is 0 Å². The molecule has 0 aromatic carbocycles. The molecule has 0 rings (SSSR count). The quantitative estimate of drug-likeness (QED) is 0.365. The molecule has 0 amide bonds. The van der Waals surface area contributed by atoms with Crippen LogP contribution in [-0.2, 0) is 9.53 Å². The van der Waals surface area contributed by atoms with Gasteiger partial charge in [-0.1, -0.05) is 72.1 Å². The highest BCUT2D eigenvalue weighted by molar-refractivity contribution is 5.73. The summed E-state index contributed by atoms with van der Waals surface area (Å²) in [5.74, 6) is -2.04. The van der Waals surface area contributed by atoms with E-state index < -0.39 is 24.1 Å². The molecule has 144 valence electrons. The summed E-state index contributed by atoms with van der Waals surface area (Å²) in [7, 11) is 0. The standard InChI is InChI=1S/C18H34F3NO2/c1-4-5-6-7-8-9-10-11-12-15(16(22)18(19,20)21)17(23)24-13-14(2)3/h14-16H,4-13,22H2,1-3H3/t15-,16-/m0/s1. The van der Waals surface area contributed by atoms with Crippen molar-refractivity contribution in [2.45, 2.75) is 90.8 Å². The van der Waals surface area contributed by atoms with Crippen LogP contribution in [0.2, 0.25) is 0 Å². The van der Waals surface area contributed by atoms with Gasteiger partial charge in [0, 0.05) is 0 Å². The number of hydrogen-bond donors (Lipinski definition) is 1. The van der Waals surface area contributed by atoms with Crippen LogP contribution in [-0.4, -0.2) is 24.8 Å². The van der Waals surface area contributed by atoms with Crippen molar-refractivity contribution < 1.29 is 22.7 Å². The minimum Gasteiger partial charge on any atom is -0.465 e. The molecule has 0 heterocycles. The minimum atomic E-state index is -4.58. The van der Waals surface area contributed by atoms with E-state index in [1.807, 2.05) is 13.8 Å². The third-order valence-electron chi connectivity index (χ3n) is 4.04. The average Bonchev–Trinajstić information content (AvgIpc) is 2.49. The van der Waals surface area contributed by atoms with Crippen LogP contribution in [0.1, 0.15) is 78.6 Å². The Morgan fingerprint density at radius 3 is 1.96 bits per heavy atom. The van der Waals surface area contributed by atoms with Gasteiger partial charge in [0.25, 0.3) is 0 Å². The summed E-state index contributed by atoms with van der Waals surface area (Å²) >= 11 is 0. The monoisotopic (exact) mass is 353 g/mol. The van der Waals surface area contributed by atoms with Gasteiger partial charge < -0.3 is 10.5 Å². The van der Waals surface area contributed by atoms with E-state index in [4.69, 9.17) is 10.5 Å². The topological polar surface area (TPSA) is 52.3 Å². The number of halogens is 3. The zero-order chi connectivity index (χ0) is 18.6. The largest absolute Gasteiger partial charge is 0.465 e. The molecule has 0 saturated heterocycles. The predicted octanol–water partition coefficient (Wildman–Crippen LogP) is 5.22. The molecule has 0 saturated carbocycles. The fraction of sp³-hybridized carbons (Fsp3) is 0.944. The highest BCUT2D eigenvalue weighted by Crippen LogP contribution is 2.28. The van der Waals surface area contributed by atoms with Crippen molar-refractivity contribution in [2.75, 3.05) is 6.61 Å². The van der Waals surface area contributed by atoms with Gasteiger partial charge in [-0.15, -0.1) is 0 Å². The second kappa shape index (κ2) is 12.6. The summed E-state index contributed by atoms with van der Waals surface area (Å²) in [6.45, 7) is 5.95. The number of carbonyl (C=O) groups excluding carboxylic acids is 1. The van der Waals surface area contributed by atoms with Gasteiger partial charge in [0.2, 0.25) is 0 Å². The summed E-state index contributed by atoms with van der Waals surface area (Å²) in [5.41, 5.74) is 5.27. The van der Waals surface area contributed by atoms with E-state index in [1.165, 1.54) is 19.3 Å². The van der Waals surface area contributed by atoms with E-state index >= 15 is 0 Å². The molecule has 0 radical (unpaired) electrons. The Morgan fingerprint density at radius 2 is 1.50 bits per heavy atom. The minimum absolute atomic E-state index is 0.0832. The normalized spacial score (nSPS) is 14.7. The molecule has 3 nitrogen and oxygen atoms in total. The van der Waals surface area contributed by atoms with Crippen molar-refractivity contribution in [3.05, 3.63) is 0 Å². The molecule has 0 aromatic heterocycles. The molecule has 0 aromatic rings. The molecule has 2 N–H and O–H groups in total. The first-order valence-electron chi connectivity index (χ1n) is 9.19. The molecule has 0 fully saturated rings. The predicted molar refractivity (Wildman–Crippen MR) is 90.5 cm³/mol. The van der Waals surface area contributed by atoms with Crippen LogP contribution in [0.4, 0.5) is 13.2 Å². The van der Waals surface area contributed by atoms with Crippen molar-refractivity contribution in [3.8, 4) is 0 Å². The lowest BCUT2D eigenvalue weighted by Crippen LogP contribution is -2.47. The number of hydrogen-bond acceptors (Lipinski definition) is 3. The fourth-order valence-corrected chi connectivity index (χ4v) is 2.53. The molecule has 2 atom stereocenters. The van der Waals surface area contributed by atoms with E-state index in [-0.39, 0.29) is 18.9 Å². The third kappa shape index (κ3) is 10.9. The summed E-state index contributed by atoms with van der Waals surface area (Å²) in [5, 5.41) is 0. The van der Waals surface area contributed by atoms with Crippen molar-refractivity contribution in [1.82, 2.24) is 0 Å². The summed E-state index contributed by atoms with van der Waals surface area (Å²) in [6, 6.07) is -2.15. The van der Waals surface area contributed by atoms with Gasteiger partial charge in [0.1, 0.15) is 6.04 Å². The van der Waals surface area contributed by atoms with Crippen LogP contribution in [0.5, 0.6) is 0 Å². The molecule has 0 aliphatic carbocycles. The number of carbonyl (C=O) groups is 1. The Labute approximate surface area is 144 Å².